The molecule has 2 heterocycles. The SMILES string of the molecule is N#Cc1ccc(Cl)cc1NC(=O)CN1CCN(Cc2ccc3c(c2)OCO3)CC1. The van der Waals surface area contributed by atoms with Crippen LogP contribution in [0.1, 0.15) is 11.1 Å². The summed E-state index contributed by atoms with van der Waals surface area (Å²) in [6, 6.07) is 12.9. The van der Waals surface area contributed by atoms with Gasteiger partial charge in [0, 0.05) is 37.7 Å². The van der Waals surface area contributed by atoms with E-state index in [0.717, 1.165) is 44.2 Å². The Hall–Kier alpha value is -2.79. The molecule has 2 aliphatic rings. The number of halogens is 1. The van der Waals surface area contributed by atoms with Crippen LogP contribution in [0, 0.1) is 11.3 Å². The van der Waals surface area contributed by atoms with E-state index in [9.17, 15) is 10.1 Å². The summed E-state index contributed by atoms with van der Waals surface area (Å²) < 4.78 is 10.8. The van der Waals surface area contributed by atoms with Crippen molar-refractivity contribution in [3.05, 3.63) is 52.5 Å². The fourth-order valence-electron chi connectivity index (χ4n) is 3.51. The summed E-state index contributed by atoms with van der Waals surface area (Å²) in [5, 5.41) is 12.5. The molecule has 29 heavy (non-hydrogen) atoms. The molecule has 7 nitrogen and oxygen atoms in total. The summed E-state index contributed by atoms with van der Waals surface area (Å²) in [5.74, 6) is 1.45. The average Bonchev–Trinajstić information content (AvgIpc) is 3.17. The number of carbonyl (C=O) groups is 1. The lowest BCUT2D eigenvalue weighted by Gasteiger charge is -2.34. The molecule has 2 aromatic rings. The van der Waals surface area contributed by atoms with E-state index in [1.165, 1.54) is 5.56 Å². The van der Waals surface area contributed by atoms with E-state index in [-0.39, 0.29) is 19.2 Å². The minimum absolute atomic E-state index is 0.145. The third-order valence-corrected chi connectivity index (χ3v) is 5.29. The molecule has 0 saturated carbocycles. The number of anilines is 1. The van der Waals surface area contributed by atoms with Crippen LogP contribution >= 0.6 is 11.6 Å². The van der Waals surface area contributed by atoms with Crippen molar-refractivity contribution in [1.29, 1.82) is 5.26 Å². The number of piperazine rings is 1. The predicted octanol–water partition coefficient (Wildman–Crippen LogP) is 2.70. The Morgan fingerprint density at radius 1 is 1.07 bits per heavy atom. The first-order valence-corrected chi connectivity index (χ1v) is 9.81. The lowest BCUT2D eigenvalue weighted by molar-refractivity contribution is -0.117. The van der Waals surface area contributed by atoms with Crippen molar-refractivity contribution >= 4 is 23.2 Å². The standard InChI is InChI=1S/C21H21ClN4O3/c22-17-3-2-16(11-23)18(10-17)24-21(27)13-26-7-5-25(6-8-26)12-15-1-4-19-20(9-15)29-14-28-19/h1-4,9-10H,5-8,12-14H2,(H,24,27). The Bertz CT molecular complexity index is 951. The Balaban J connectivity index is 1.26. The summed E-state index contributed by atoms with van der Waals surface area (Å²) in [4.78, 5) is 16.9. The van der Waals surface area contributed by atoms with Gasteiger partial charge < -0.3 is 14.8 Å². The van der Waals surface area contributed by atoms with Crippen LogP contribution in [0.15, 0.2) is 36.4 Å². The van der Waals surface area contributed by atoms with Gasteiger partial charge in [-0.1, -0.05) is 17.7 Å². The van der Waals surface area contributed by atoms with E-state index in [2.05, 4.69) is 27.3 Å². The minimum atomic E-state index is -0.145. The summed E-state index contributed by atoms with van der Waals surface area (Å²) in [6.45, 7) is 4.77. The van der Waals surface area contributed by atoms with Gasteiger partial charge in [-0.15, -0.1) is 0 Å². The number of amides is 1. The second-order valence-corrected chi connectivity index (χ2v) is 7.53. The Morgan fingerprint density at radius 3 is 2.62 bits per heavy atom. The van der Waals surface area contributed by atoms with E-state index < -0.39 is 0 Å². The number of nitrogens with zero attached hydrogens (tertiary/aromatic N) is 3. The molecule has 0 unspecified atom stereocenters. The first-order chi connectivity index (χ1) is 14.1. The van der Waals surface area contributed by atoms with Crippen molar-refractivity contribution in [2.45, 2.75) is 6.54 Å². The molecular formula is C21H21ClN4O3. The Morgan fingerprint density at radius 2 is 1.83 bits per heavy atom. The molecule has 0 radical (unpaired) electrons. The van der Waals surface area contributed by atoms with E-state index in [1.54, 1.807) is 18.2 Å². The zero-order chi connectivity index (χ0) is 20.2. The van der Waals surface area contributed by atoms with Gasteiger partial charge in [0.15, 0.2) is 11.5 Å². The first kappa shape index (κ1) is 19.5. The molecule has 1 fully saturated rings. The highest BCUT2D eigenvalue weighted by atomic mass is 35.5. The second-order valence-electron chi connectivity index (χ2n) is 7.09. The van der Waals surface area contributed by atoms with Gasteiger partial charge >= 0.3 is 0 Å². The van der Waals surface area contributed by atoms with Crippen molar-refractivity contribution in [2.24, 2.45) is 0 Å². The highest BCUT2D eigenvalue weighted by molar-refractivity contribution is 6.31. The zero-order valence-electron chi connectivity index (χ0n) is 15.9. The van der Waals surface area contributed by atoms with Gasteiger partial charge in [0.2, 0.25) is 12.7 Å². The maximum Gasteiger partial charge on any atom is 0.238 e. The lowest BCUT2D eigenvalue weighted by atomic mass is 10.1. The highest BCUT2D eigenvalue weighted by Gasteiger charge is 2.21. The number of fused-ring (bicyclic) bond motifs is 1. The molecule has 4 rings (SSSR count). The summed E-state index contributed by atoms with van der Waals surface area (Å²) in [7, 11) is 0. The van der Waals surface area contributed by atoms with E-state index in [0.29, 0.717) is 16.3 Å². The van der Waals surface area contributed by atoms with Crippen LogP contribution in [0.3, 0.4) is 0 Å². The molecule has 0 spiro atoms. The number of rotatable bonds is 5. The molecule has 0 aromatic heterocycles. The molecule has 2 aromatic carbocycles. The number of hydrogen-bond donors (Lipinski definition) is 1. The van der Waals surface area contributed by atoms with Crippen molar-refractivity contribution in [3.63, 3.8) is 0 Å². The molecule has 1 amide bonds. The largest absolute Gasteiger partial charge is 0.454 e. The maximum atomic E-state index is 12.4. The van der Waals surface area contributed by atoms with Crippen LogP contribution in [0.4, 0.5) is 5.69 Å². The van der Waals surface area contributed by atoms with Crippen LogP contribution in [0.5, 0.6) is 11.5 Å². The van der Waals surface area contributed by atoms with Crippen LogP contribution in [0.2, 0.25) is 5.02 Å². The third-order valence-electron chi connectivity index (χ3n) is 5.05. The average molecular weight is 413 g/mol. The minimum Gasteiger partial charge on any atom is -0.454 e. The number of carbonyl (C=O) groups excluding carboxylic acids is 1. The first-order valence-electron chi connectivity index (χ1n) is 9.43. The Kier molecular flexibility index (Phi) is 5.86. The van der Waals surface area contributed by atoms with Crippen molar-refractivity contribution in [3.8, 4) is 17.6 Å². The number of hydrogen-bond acceptors (Lipinski definition) is 6. The van der Waals surface area contributed by atoms with Gasteiger partial charge in [0.25, 0.3) is 0 Å². The summed E-state index contributed by atoms with van der Waals surface area (Å²) >= 11 is 5.97. The number of benzene rings is 2. The lowest BCUT2D eigenvalue weighted by Crippen LogP contribution is -2.48. The zero-order valence-corrected chi connectivity index (χ0v) is 16.6. The normalized spacial score (nSPS) is 16.4. The maximum absolute atomic E-state index is 12.4. The summed E-state index contributed by atoms with van der Waals surface area (Å²) in [6.07, 6.45) is 0. The van der Waals surface area contributed by atoms with Gasteiger partial charge in [-0.25, -0.2) is 0 Å². The molecule has 1 N–H and O–H groups in total. The topological polar surface area (TPSA) is 77.8 Å². The molecule has 150 valence electrons. The van der Waals surface area contributed by atoms with Crippen LogP contribution in [0.25, 0.3) is 0 Å². The number of nitriles is 1. The monoisotopic (exact) mass is 412 g/mol. The van der Waals surface area contributed by atoms with Gasteiger partial charge in [0.1, 0.15) is 6.07 Å². The molecule has 2 aliphatic heterocycles. The Labute approximate surface area is 174 Å². The van der Waals surface area contributed by atoms with Crippen LogP contribution in [-0.2, 0) is 11.3 Å². The molecule has 0 aliphatic carbocycles. The van der Waals surface area contributed by atoms with E-state index in [4.69, 9.17) is 21.1 Å². The molecular weight excluding hydrogens is 392 g/mol. The number of nitrogens with one attached hydrogen (secondary N) is 1. The van der Waals surface area contributed by atoms with Gasteiger partial charge in [0.05, 0.1) is 17.8 Å². The second kappa shape index (κ2) is 8.70. The fourth-order valence-corrected chi connectivity index (χ4v) is 3.69. The molecule has 0 bridgehead atoms. The van der Waals surface area contributed by atoms with Gasteiger partial charge in [-0.2, -0.15) is 5.26 Å². The van der Waals surface area contributed by atoms with Crippen molar-refractivity contribution in [2.75, 3.05) is 44.8 Å². The number of ether oxygens (including phenoxy) is 2. The van der Waals surface area contributed by atoms with Crippen molar-refractivity contribution < 1.29 is 14.3 Å². The molecule has 8 heteroatoms. The van der Waals surface area contributed by atoms with E-state index in [1.807, 2.05) is 12.1 Å². The molecule has 0 atom stereocenters. The molecule has 1 saturated heterocycles. The third kappa shape index (κ3) is 4.80. The highest BCUT2D eigenvalue weighted by Crippen LogP contribution is 2.32. The predicted molar refractivity (Wildman–Crippen MR) is 109 cm³/mol. The quantitative estimate of drug-likeness (QED) is 0.813. The fraction of sp³-hybridized carbons (Fsp3) is 0.333. The van der Waals surface area contributed by atoms with Gasteiger partial charge in [-0.05, 0) is 35.9 Å². The van der Waals surface area contributed by atoms with E-state index >= 15 is 0 Å². The summed E-state index contributed by atoms with van der Waals surface area (Å²) in [5.41, 5.74) is 2.04. The van der Waals surface area contributed by atoms with Crippen LogP contribution < -0.4 is 14.8 Å². The van der Waals surface area contributed by atoms with Gasteiger partial charge in [-0.3, -0.25) is 14.6 Å². The smallest absolute Gasteiger partial charge is 0.238 e. The van der Waals surface area contributed by atoms with Crippen LogP contribution in [-0.4, -0.2) is 55.2 Å². The van der Waals surface area contributed by atoms with Crippen molar-refractivity contribution in [1.82, 2.24) is 9.80 Å².